The number of benzene rings is 2. The summed E-state index contributed by atoms with van der Waals surface area (Å²) in [5.41, 5.74) is 1.13. The van der Waals surface area contributed by atoms with Gasteiger partial charge in [-0.05, 0) is 30.4 Å². The molecular formula is C15H11ClO2. The predicted molar refractivity (Wildman–Crippen MR) is 72.9 cm³/mol. The monoisotopic (exact) mass is 258 g/mol. The molecule has 2 aromatic rings. The highest BCUT2D eigenvalue weighted by Crippen LogP contribution is 2.22. The molecule has 0 aliphatic carbocycles. The quantitative estimate of drug-likeness (QED) is 0.669. The third kappa shape index (κ3) is 2.99. The van der Waals surface area contributed by atoms with Crippen molar-refractivity contribution < 1.29 is 9.90 Å². The zero-order valence-corrected chi connectivity index (χ0v) is 10.3. The summed E-state index contributed by atoms with van der Waals surface area (Å²) in [6.45, 7) is 0. The molecule has 0 unspecified atom stereocenters. The average molecular weight is 259 g/mol. The minimum absolute atomic E-state index is 0.0940. The fourth-order valence-electron chi connectivity index (χ4n) is 1.52. The van der Waals surface area contributed by atoms with Crippen molar-refractivity contribution in [2.45, 2.75) is 0 Å². The maximum Gasteiger partial charge on any atom is 0.185 e. The van der Waals surface area contributed by atoms with E-state index in [4.69, 9.17) is 11.6 Å². The number of allylic oxidation sites excluding steroid dienone is 1. The molecule has 0 heterocycles. The van der Waals surface area contributed by atoms with Crippen LogP contribution in [0.25, 0.3) is 6.08 Å². The molecule has 0 aliphatic rings. The van der Waals surface area contributed by atoms with Gasteiger partial charge in [-0.2, -0.15) is 0 Å². The van der Waals surface area contributed by atoms with Gasteiger partial charge in [0.25, 0.3) is 0 Å². The van der Waals surface area contributed by atoms with Crippen molar-refractivity contribution >= 4 is 23.5 Å². The Morgan fingerprint density at radius 3 is 2.56 bits per heavy atom. The van der Waals surface area contributed by atoms with Gasteiger partial charge in [-0.25, -0.2) is 0 Å². The smallest absolute Gasteiger partial charge is 0.185 e. The molecule has 3 heteroatoms. The summed E-state index contributed by atoms with van der Waals surface area (Å²) >= 11 is 5.82. The van der Waals surface area contributed by atoms with E-state index >= 15 is 0 Å². The number of phenols is 1. The second-order valence-electron chi connectivity index (χ2n) is 3.77. The molecule has 0 amide bonds. The third-order valence-electron chi connectivity index (χ3n) is 2.46. The van der Waals surface area contributed by atoms with Gasteiger partial charge >= 0.3 is 0 Å². The predicted octanol–water partition coefficient (Wildman–Crippen LogP) is 3.94. The maximum atomic E-state index is 11.8. The highest BCUT2D eigenvalue weighted by Gasteiger charge is 2.02. The van der Waals surface area contributed by atoms with Gasteiger partial charge < -0.3 is 5.11 Å². The Balaban J connectivity index is 2.21. The molecule has 18 heavy (non-hydrogen) atoms. The Kier molecular flexibility index (Phi) is 3.80. The Hall–Kier alpha value is -2.06. The molecule has 90 valence electrons. The highest BCUT2D eigenvalue weighted by molar-refractivity contribution is 6.30. The average Bonchev–Trinajstić information content (AvgIpc) is 2.40. The van der Waals surface area contributed by atoms with E-state index in [-0.39, 0.29) is 11.5 Å². The van der Waals surface area contributed by atoms with Gasteiger partial charge in [0.1, 0.15) is 5.75 Å². The van der Waals surface area contributed by atoms with Gasteiger partial charge in [0.2, 0.25) is 0 Å². The largest absolute Gasteiger partial charge is 0.507 e. The summed E-state index contributed by atoms with van der Waals surface area (Å²) in [5.74, 6) is -0.0218. The van der Waals surface area contributed by atoms with Gasteiger partial charge in [0, 0.05) is 16.1 Å². The van der Waals surface area contributed by atoms with E-state index < -0.39 is 0 Å². The van der Waals surface area contributed by atoms with E-state index in [1.165, 1.54) is 12.1 Å². The van der Waals surface area contributed by atoms with Crippen LogP contribution in [0.15, 0.2) is 54.6 Å². The molecule has 1 N–H and O–H groups in total. The number of hydrogen-bond acceptors (Lipinski definition) is 2. The zero-order chi connectivity index (χ0) is 13.0. The Bertz CT molecular complexity index is 589. The first-order chi connectivity index (χ1) is 8.66. The summed E-state index contributed by atoms with van der Waals surface area (Å²) < 4.78 is 0. The van der Waals surface area contributed by atoms with Crippen molar-refractivity contribution in [2.24, 2.45) is 0 Å². The molecule has 0 saturated heterocycles. The van der Waals surface area contributed by atoms with Crippen molar-refractivity contribution in [3.05, 3.63) is 70.8 Å². The normalized spacial score (nSPS) is 10.7. The number of halogens is 1. The molecule has 2 aromatic carbocycles. The lowest BCUT2D eigenvalue weighted by Crippen LogP contribution is -1.92. The fourth-order valence-corrected chi connectivity index (χ4v) is 1.70. The summed E-state index contributed by atoms with van der Waals surface area (Å²) in [7, 11) is 0. The standard InChI is InChI=1S/C15H11ClO2/c16-13-7-9-15(18)12(10-13)6-8-14(17)11-4-2-1-3-5-11/h1-10,18H/b8-6+. The van der Waals surface area contributed by atoms with Gasteiger partial charge in [0.15, 0.2) is 5.78 Å². The lowest BCUT2D eigenvalue weighted by atomic mass is 10.1. The summed E-state index contributed by atoms with van der Waals surface area (Å²) in [6, 6.07) is 13.6. The summed E-state index contributed by atoms with van der Waals surface area (Å²) in [4.78, 5) is 11.8. The van der Waals surface area contributed by atoms with Crippen LogP contribution in [0.5, 0.6) is 5.75 Å². The molecule has 0 spiro atoms. The van der Waals surface area contributed by atoms with Crippen LogP contribution in [-0.2, 0) is 0 Å². The second kappa shape index (κ2) is 5.52. The van der Waals surface area contributed by atoms with Crippen LogP contribution in [0, 0.1) is 0 Å². The van der Waals surface area contributed by atoms with Crippen LogP contribution in [-0.4, -0.2) is 10.9 Å². The van der Waals surface area contributed by atoms with Crippen molar-refractivity contribution in [3.8, 4) is 5.75 Å². The van der Waals surface area contributed by atoms with E-state index in [0.717, 1.165) is 0 Å². The topological polar surface area (TPSA) is 37.3 Å². The Labute approximate surface area is 110 Å². The minimum atomic E-state index is -0.116. The molecule has 0 fully saturated rings. The van der Waals surface area contributed by atoms with Crippen LogP contribution in [0.2, 0.25) is 5.02 Å². The number of phenolic OH excluding ortho intramolecular Hbond substituents is 1. The number of carbonyl (C=O) groups is 1. The summed E-state index contributed by atoms with van der Waals surface area (Å²) in [6.07, 6.45) is 2.97. The Morgan fingerprint density at radius 1 is 1.11 bits per heavy atom. The molecule has 0 saturated carbocycles. The van der Waals surface area contributed by atoms with Crippen molar-refractivity contribution in [1.82, 2.24) is 0 Å². The molecule has 0 bridgehead atoms. The maximum absolute atomic E-state index is 11.8. The number of aromatic hydroxyl groups is 1. The van der Waals surface area contributed by atoms with Crippen LogP contribution >= 0.6 is 11.6 Å². The third-order valence-corrected chi connectivity index (χ3v) is 2.70. The van der Waals surface area contributed by atoms with E-state index in [9.17, 15) is 9.90 Å². The molecule has 0 aliphatic heterocycles. The molecule has 0 radical (unpaired) electrons. The van der Waals surface area contributed by atoms with E-state index in [1.54, 1.807) is 42.5 Å². The zero-order valence-electron chi connectivity index (χ0n) is 9.51. The van der Waals surface area contributed by atoms with Crippen molar-refractivity contribution in [3.63, 3.8) is 0 Å². The Morgan fingerprint density at radius 2 is 1.83 bits per heavy atom. The van der Waals surface area contributed by atoms with Gasteiger partial charge in [0.05, 0.1) is 0 Å². The lowest BCUT2D eigenvalue weighted by molar-refractivity contribution is 0.104. The van der Waals surface area contributed by atoms with Crippen LogP contribution in [0.4, 0.5) is 0 Å². The van der Waals surface area contributed by atoms with Gasteiger partial charge in [-0.3, -0.25) is 4.79 Å². The second-order valence-corrected chi connectivity index (χ2v) is 4.20. The van der Waals surface area contributed by atoms with E-state index in [0.29, 0.717) is 16.1 Å². The lowest BCUT2D eigenvalue weighted by Gasteiger charge is -1.99. The number of carbonyl (C=O) groups excluding carboxylic acids is 1. The minimum Gasteiger partial charge on any atom is -0.507 e. The molecule has 2 nitrogen and oxygen atoms in total. The van der Waals surface area contributed by atoms with Crippen LogP contribution in [0.1, 0.15) is 15.9 Å². The number of hydrogen-bond donors (Lipinski definition) is 1. The highest BCUT2D eigenvalue weighted by atomic mass is 35.5. The van der Waals surface area contributed by atoms with Gasteiger partial charge in [-0.15, -0.1) is 0 Å². The molecular weight excluding hydrogens is 248 g/mol. The molecule has 0 aromatic heterocycles. The van der Waals surface area contributed by atoms with Crippen molar-refractivity contribution in [1.29, 1.82) is 0 Å². The number of ketones is 1. The fraction of sp³-hybridized carbons (Fsp3) is 0. The summed E-state index contributed by atoms with van der Waals surface area (Å²) in [5, 5.41) is 10.1. The van der Waals surface area contributed by atoms with Gasteiger partial charge in [-0.1, -0.05) is 41.9 Å². The first-order valence-corrected chi connectivity index (χ1v) is 5.80. The van der Waals surface area contributed by atoms with Crippen LogP contribution in [0.3, 0.4) is 0 Å². The van der Waals surface area contributed by atoms with E-state index in [2.05, 4.69) is 0 Å². The molecule has 2 rings (SSSR count). The van der Waals surface area contributed by atoms with Crippen molar-refractivity contribution in [2.75, 3.05) is 0 Å². The van der Waals surface area contributed by atoms with Crippen LogP contribution < -0.4 is 0 Å². The SMILES string of the molecule is O=C(/C=C/c1cc(Cl)ccc1O)c1ccccc1. The first-order valence-electron chi connectivity index (χ1n) is 5.43. The van der Waals surface area contributed by atoms with E-state index in [1.807, 2.05) is 6.07 Å². The number of rotatable bonds is 3. The first kappa shape index (κ1) is 12.4. The molecule has 0 atom stereocenters.